The summed E-state index contributed by atoms with van der Waals surface area (Å²) in [5, 5.41) is 9.69. The number of anilines is 3. The molecule has 5 heterocycles. The van der Waals surface area contributed by atoms with Gasteiger partial charge in [0.15, 0.2) is 5.78 Å². The summed E-state index contributed by atoms with van der Waals surface area (Å²) in [6, 6.07) is 16.4. The molecule has 0 aromatic heterocycles. The van der Waals surface area contributed by atoms with Crippen molar-refractivity contribution in [2.45, 2.75) is 289 Å². The van der Waals surface area contributed by atoms with Crippen molar-refractivity contribution in [1.29, 1.82) is 0 Å². The van der Waals surface area contributed by atoms with Crippen LogP contribution in [-0.2, 0) is 52.5 Å². The van der Waals surface area contributed by atoms with E-state index in [1.165, 1.54) is 31.1 Å². The van der Waals surface area contributed by atoms with Gasteiger partial charge in [0, 0.05) is 160 Å². The van der Waals surface area contributed by atoms with Crippen LogP contribution in [0.2, 0.25) is 0 Å². The average Bonchev–Trinajstić information content (AvgIpc) is 0.736. The molecule has 0 bridgehead atoms. The van der Waals surface area contributed by atoms with Gasteiger partial charge in [0.2, 0.25) is 5.60 Å². The highest BCUT2D eigenvalue weighted by molar-refractivity contribution is 6.19. The molecule has 2 saturated heterocycles. The standard InChI is InChI=1S/C32H49N3O6.C32H48N2O6.C25H36N2O6/c1-23(2)35(26-11-7-6-8-12-26)29(36)25-13-14-28-27(21-25)34(17-9-10-18-39-5)31(38)32(3,41-28)30(37)33(4)22-24-15-19-40-20-16-24;1-23(2)34(26-10-6-5-7-11-26)30(36)25-13-14-28-27(22-25)33(18-8-9-19-38-4)31(37)32(3,40-28)29(35)15-12-24-16-20-39-21-17-24;1-17(2)27(19-10-6-5-7-11-19)22(28)18-12-13-21-20(16-18)26(14-8-9-15-32-4)23(29)25(3,33-21)24(30)31/h13-14,21,23-24,26H,6-12,15-20,22H2,1-5H3;13-14,22-24,26H,5-12,15-21H2,1-4H3;12-13,16-17,19H,5-11,14-15H2,1-4H3,(H,30,31). The van der Waals surface area contributed by atoms with E-state index in [1.54, 1.807) is 112 Å². The van der Waals surface area contributed by atoms with Crippen molar-refractivity contribution in [3.05, 3.63) is 71.3 Å². The summed E-state index contributed by atoms with van der Waals surface area (Å²) < 4.78 is 44.6. The Kier molecular flexibility index (Phi) is 33.6. The molecule has 7 amide bonds. The van der Waals surface area contributed by atoms with Crippen LogP contribution in [0, 0.1) is 11.8 Å². The Morgan fingerprint density at radius 2 is 0.763 bits per heavy atom. The summed E-state index contributed by atoms with van der Waals surface area (Å²) >= 11 is 0. The molecule has 25 heteroatoms. The summed E-state index contributed by atoms with van der Waals surface area (Å²) in [5.41, 5.74) is -2.18. The molecular weight excluding hydrogens is 1460 g/mol. The minimum absolute atomic E-state index is 0.0163. The van der Waals surface area contributed by atoms with Gasteiger partial charge >= 0.3 is 5.97 Å². The molecule has 3 unspecified atom stereocenters. The van der Waals surface area contributed by atoms with Crippen LogP contribution in [0.25, 0.3) is 0 Å². The number of fused-ring (bicyclic) bond motifs is 3. The summed E-state index contributed by atoms with van der Waals surface area (Å²) in [5.74, 6) is -1.44. The lowest BCUT2D eigenvalue weighted by atomic mass is 9.87. The number of benzene rings is 3. The minimum Gasteiger partial charge on any atom is -0.478 e. The number of nitrogens with zero attached hydrogens (tertiary/aromatic N) is 7. The van der Waals surface area contributed by atoms with Crippen molar-refractivity contribution >= 4 is 70.2 Å². The zero-order valence-corrected chi connectivity index (χ0v) is 70.7. The average molecular weight is 1590 g/mol. The SMILES string of the molecule is COCCCCN1C(=O)C(C)(C(=O)CCC2CCOCC2)Oc2ccc(C(=O)N(C(C)C)C3CCCCC3)cc21.COCCCCN1C(=O)C(C)(C(=O)N(C)CC2CCOCC2)Oc2ccc(C(=O)N(C(C)C)C3CCCCC3)cc21.COCCCCN1C(=O)C(C)(C(=O)O)Oc2ccc(C(=O)N(C(C)C)C3CCCCC3)cc21. The number of hydrogen-bond donors (Lipinski definition) is 1. The third kappa shape index (κ3) is 21.9. The molecule has 11 rings (SSSR count). The molecule has 632 valence electrons. The van der Waals surface area contributed by atoms with Crippen LogP contribution < -0.4 is 28.9 Å². The maximum atomic E-state index is 14.1. The number of likely N-dealkylation sites (N-methyl/N-ethyl adjacent to an activating group) is 1. The summed E-state index contributed by atoms with van der Waals surface area (Å²) in [6.07, 6.45) is 25.5. The van der Waals surface area contributed by atoms with Crippen LogP contribution in [0.1, 0.15) is 267 Å². The van der Waals surface area contributed by atoms with E-state index in [2.05, 4.69) is 27.7 Å². The number of carbonyl (C=O) groups excluding carboxylic acids is 8. The molecule has 3 saturated carbocycles. The molecule has 3 atom stereocenters. The van der Waals surface area contributed by atoms with Crippen LogP contribution in [0.3, 0.4) is 0 Å². The number of ether oxygens (including phenoxy) is 8. The molecule has 0 radical (unpaired) electrons. The molecule has 1 N–H and O–H groups in total. The Balaban J connectivity index is 0.000000197. The Morgan fingerprint density at radius 1 is 0.447 bits per heavy atom. The van der Waals surface area contributed by atoms with Gasteiger partial charge in [-0.2, -0.15) is 0 Å². The molecule has 114 heavy (non-hydrogen) atoms. The normalized spacial score (nSPS) is 21.8. The highest BCUT2D eigenvalue weighted by Crippen LogP contribution is 2.45. The van der Waals surface area contributed by atoms with E-state index in [9.17, 15) is 48.3 Å². The van der Waals surface area contributed by atoms with Gasteiger partial charge in [-0.3, -0.25) is 38.4 Å². The highest BCUT2D eigenvalue weighted by atomic mass is 16.5. The lowest BCUT2D eigenvalue weighted by Crippen LogP contribution is -2.63. The third-order valence-electron chi connectivity index (χ3n) is 24.3. The van der Waals surface area contributed by atoms with Gasteiger partial charge in [-0.15, -0.1) is 0 Å². The van der Waals surface area contributed by atoms with E-state index < -0.39 is 34.6 Å². The van der Waals surface area contributed by atoms with Gasteiger partial charge in [0.1, 0.15) is 17.2 Å². The summed E-state index contributed by atoms with van der Waals surface area (Å²) in [7, 11) is 6.67. The first-order valence-electron chi connectivity index (χ1n) is 42.7. The van der Waals surface area contributed by atoms with Crippen molar-refractivity contribution < 1.29 is 86.2 Å². The van der Waals surface area contributed by atoms with Crippen LogP contribution in [0.15, 0.2) is 54.6 Å². The molecule has 5 aliphatic heterocycles. The third-order valence-corrected chi connectivity index (χ3v) is 24.3. The molecule has 8 aliphatic rings. The number of carbonyl (C=O) groups is 9. The fraction of sp³-hybridized carbons (Fsp3) is 0.697. The number of carboxylic acids is 1. The lowest BCUT2D eigenvalue weighted by molar-refractivity contribution is -0.161. The molecule has 25 nitrogen and oxygen atoms in total. The Hall–Kier alpha value is -7.71. The minimum atomic E-state index is -2.01. The predicted molar refractivity (Wildman–Crippen MR) is 438 cm³/mol. The van der Waals surface area contributed by atoms with Gasteiger partial charge in [-0.1, -0.05) is 57.8 Å². The maximum Gasteiger partial charge on any atom is 0.357 e. The number of Topliss-reactive ketones (excluding diaryl/α,β-unsaturated/α-hetero) is 1. The second kappa shape index (κ2) is 42.4. The van der Waals surface area contributed by atoms with E-state index in [0.29, 0.717) is 142 Å². The maximum absolute atomic E-state index is 14.1. The van der Waals surface area contributed by atoms with Crippen molar-refractivity contribution in [3.63, 3.8) is 0 Å². The zero-order valence-electron chi connectivity index (χ0n) is 70.7. The molecule has 3 aromatic rings. The molecule has 0 spiro atoms. The van der Waals surface area contributed by atoms with Gasteiger partial charge in [0.05, 0.1) is 17.1 Å². The Morgan fingerprint density at radius 3 is 1.10 bits per heavy atom. The second-order valence-electron chi connectivity index (χ2n) is 33.8. The van der Waals surface area contributed by atoms with E-state index in [1.807, 2.05) is 28.5 Å². The fourth-order valence-electron chi connectivity index (χ4n) is 17.8. The molecule has 5 fully saturated rings. The van der Waals surface area contributed by atoms with E-state index >= 15 is 0 Å². The Bertz CT molecular complexity index is 3730. The largest absolute Gasteiger partial charge is 0.478 e. The van der Waals surface area contributed by atoms with Gasteiger partial charge < -0.3 is 77.3 Å². The summed E-state index contributed by atoms with van der Waals surface area (Å²) in [4.78, 5) is 134. The van der Waals surface area contributed by atoms with Crippen molar-refractivity contribution in [2.24, 2.45) is 11.8 Å². The number of methoxy groups -OCH3 is 3. The number of rotatable bonds is 32. The van der Waals surface area contributed by atoms with E-state index in [0.717, 1.165) is 142 Å². The number of carboxylic acid groups (broad SMARTS) is 1. The Labute approximate surface area is 677 Å². The fourth-order valence-corrected chi connectivity index (χ4v) is 17.8. The number of hydrogen-bond acceptors (Lipinski definition) is 17. The number of unbranched alkanes of at least 4 members (excludes halogenated alkanes) is 3. The van der Waals surface area contributed by atoms with Crippen molar-refractivity contribution in [3.8, 4) is 17.2 Å². The topological polar surface area (TPSA) is 270 Å². The lowest BCUT2D eigenvalue weighted by Gasteiger charge is -2.42. The monoisotopic (exact) mass is 1590 g/mol. The predicted octanol–water partition coefficient (Wildman–Crippen LogP) is 14.1. The quantitative estimate of drug-likeness (QED) is 0.0449. The van der Waals surface area contributed by atoms with Gasteiger partial charge in [0.25, 0.3) is 52.6 Å². The van der Waals surface area contributed by atoms with Crippen LogP contribution in [-0.4, -0.2) is 232 Å². The second-order valence-corrected chi connectivity index (χ2v) is 33.8. The molecule has 3 aromatic carbocycles. The smallest absolute Gasteiger partial charge is 0.357 e. The number of aliphatic carboxylic acids is 1. The van der Waals surface area contributed by atoms with Crippen LogP contribution in [0.4, 0.5) is 17.1 Å². The molecule has 3 aliphatic carbocycles. The van der Waals surface area contributed by atoms with Crippen LogP contribution in [0.5, 0.6) is 17.2 Å². The zero-order chi connectivity index (χ0) is 82.4. The molecular formula is C89H133N7O18. The number of ketones is 1. The van der Waals surface area contributed by atoms with Gasteiger partial charge in [-0.25, -0.2) is 4.79 Å². The van der Waals surface area contributed by atoms with Crippen molar-refractivity contribution in [1.82, 2.24) is 19.6 Å². The first-order chi connectivity index (χ1) is 54.6. The van der Waals surface area contributed by atoms with E-state index in [-0.39, 0.29) is 77.3 Å². The van der Waals surface area contributed by atoms with Gasteiger partial charge in [-0.05, 0) is 238 Å². The van der Waals surface area contributed by atoms with E-state index in [4.69, 9.17) is 37.9 Å². The summed E-state index contributed by atoms with van der Waals surface area (Å²) in [6.45, 7) is 23.0. The first kappa shape index (κ1) is 90.2. The van der Waals surface area contributed by atoms with Crippen molar-refractivity contribution in [2.75, 3.05) is 116 Å². The highest BCUT2D eigenvalue weighted by Gasteiger charge is 2.55. The van der Waals surface area contributed by atoms with Crippen LogP contribution >= 0.6 is 0 Å². The number of amides is 7. The first-order valence-corrected chi connectivity index (χ1v) is 42.7.